The molecule has 4 nitrogen and oxygen atoms in total. The number of carbonyl (C=O) groups excluding carboxylic acids is 2. The first kappa shape index (κ1) is 21.5. The van der Waals surface area contributed by atoms with E-state index in [1.165, 1.54) is 18.2 Å². The highest BCUT2D eigenvalue weighted by atomic mass is 19.1. The topological polar surface area (TPSA) is 49.4 Å². The van der Waals surface area contributed by atoms with E-state index < -0.39 is 0 Å². The summed E-state index contributed by atoms with van der Waals surface area (Å²) in [6.45, 7) is 0.288. The van der Waals surface area contributed by atoms with Gasteiger partial charge in [-0.15, -0.1) is 0 Å². The number of nitrogens with one attached hydrogen (secondary N) is 1. The van der Waals surface area contributed by atoms with Crippen LogP contribution in [0.15, 0.2) is 84.9 Å². The normalized spacial score (nSPS) is 13.2. The van der Waals surface area contributed by atoms with Crippen LogP contribution in [0.3, 0.4) is 0 Å². The summed E-state index contributed by atoms with van der Waals surface area (Å²) >= 11 is 0. The van der Waals surface area contributed by atoms with E-state index in [4.69, 9.17) is 0 Å². The van der Waals surface area contributed by atoms with E-state index in [2.05, 4.69) is 5.32 Å². The van der Waals surface area contributed by atoms with Crippen LogP contribution in [0.5, 0.6) is 0 Å². The zero-order chi connectivity index (χ0) is 22.3. The molecule has 0 bridgehead atoms. The number of carbonyl (C=O) groups is 2. The van der Waals surface area contributed by atoms with E-state index in [-0.39, 0.29) is 30.6 Å². The third kappa shape index (κ3) is 6.14. The summed E-state index contributed by atoms with van der Waals surface area (Å²) in [5.41, 5.74) is 3.26. The maximum atomic E-state index is 13.4. The Morgan fingerprint density at radius 2 is 1.69 bits per heavy atom. The van der Waals surface area contributed by atoms with Crippen LogP contribution in [0.1, 0.15) is 29.5 Å². The quantitative estimate of drug-likeness (QED) is 0.519. The molecule has 0 atom stereocenters. The third-order valence-electron chi connectivity index (χ3n) is 5.27. The minimum Gasteiger partial charge on any atom is -0.353 e. The molecule has 0 spiro atoms. The lowest BCUT2D eigenvalue weighted by Gasteiger charge is -2.22. The van der Waals surface area contributed by atoms with E-state index in [1.54, 1.807) is 23.1 Å². The second-order valence-corrected chi connectivity index (χ2v) is 7.98. The van der Waals surface area contributed by atoms with E-state index in [0.29, 0.717) is 11.7 Å². The predicted molar refractivity (Wildman–Crippen MR) is 124 cm³/mol. The Labute approximate surface area is 187 Å². The van der Waals surface area contributed by atoms with Crippen LogP contribution in [-0.2, 0) is 22.6 Å². The van der Waals surface area contributed by atoms with E-state index in [1.807, 2.05) is 54.6 Å². The van der Waals surface area contributed by atoms with Crippen LogP contribution in [-0.4, -0.2) is 17.9 Å². The number of rotatable bonds is 8. The Morgan fingerprint density at radius 3 is 2.41 bits per heavy atom. The number of halogens is 1. The fourth-order valence-corrected chi connectivity index (χ4v) is 3.42. The molecule has 3 aromatic carbocycles. The molecule has 1 N–H and O–H groups in total. The number of amides is 2. The van der Waals surface area contributed by atoms with E-state index >= 15 is 0 Å². The summed E-state index contributed by atoms with van der Waals surface area (Å²) in [4.78, 5) is 27.0. The lowest BCUT2D eigenvalue weighted by Crippen LogP contribution is -2.29. The molecule has 0 aromatic heterocycles. The average molecular weight is 429 g/mol. The second-order valence-electron chi connectivity index (χ2n) is 7.98. The zero-order valence-corrected chi connectivity index (χ0v) is 17.7. The molecule has 1 aliphatic rings. The minimum atomic E-state index is -0.320. The summed E-state index contributed by atoms with van der Waals surface area (Å²) in [6, 6.07) is 23.5. The van der Waals surface area contributed by atoms with Gasteiger partial charge in [-0.2, -0.15) is 0 Å². The first-order chi connectivity index (χ1) is 15.6. The molecule has 4 rings (SSSR count). The van der Waals surface area contributed by atoms with Gasteiger partial charge >= 0.3 is 0 Å². The van der Waals surface area contributed by atoms with Gasteiger partial charge in [-0.3, -0.25) is 9.59 Å². The smallest absolute Gasteiger partial charge is 0.251 e. The molecular formula is C27H25FN2O2. The Balaban J connectivity index is 1.56. The second kappa shape index (κ2) is 10.1. The van der Waals surface area contributed by atoms with Crippen LogP contribution in [0, 0.1) is 5.82 Å². The van der Waals surface area contributed by atoms with Gasteiger partial charge in [0.15, 0.2) is 0 Å². The molecule has 5 heteroatoms. The lowest BCUT2D eigenvalue weighted by molar-refractivity contribution is -0.120. The molecule has 3 aromatic rings. The molecule has 2 amide bonds. The first-order valence-corrected chi connectivity index (χ1v) is 10.7. The van der Waals surface area contributed by atoms with Crippen LogP contribution in [0.25, 0.3) is 6.08 Å². The third-order valence-corrected chi connectivity index (χ3v) is 5.27. The fraction of sp³-hybridized carbons (Fsp3) is 0.185. The minimum absolute atomic E-state index is 0.00923. The van der Waals surface area contributed by atoms with Gasteiger partial charge in [0, 0.05) is 17.8 Å². The number of benzene rings is 3. The Morgan fingerprint density at radius 1 is 0.938 bits per heavy atom. The van der Waals surface area contributed by atoms with Crippen molar-refractivity contribution in [2.75, 3.05) is 4.90 Å². The Hall–Kier alpha value is -3.73. The summed E-state index contributed by atoms with van der Waals surface area (Å²) in [6.07, 6.45) is 5.65. The van der Waals surface area contributed by atoms with Crippen molar-refractivity contribution in [2.45, 2.75) is 31.8 Å². The van der Waals surface area contributed by atoms with E-state index in [9.17, 15) is 14.0 Å². The van der Waals surface area contributed by atoms with Gasteiger partial charge in [0.1, 0.15) is 5.82 Å². The van der Waals surface area contributed by atoms with E-state index in [0.717, 1.165) is 29.5 Å². The standard InChI is InChI=1S/C27H25FN2O2/c28-23-12-9-21(10-13-23)19-30(27(32)16-11-20-5-2-1-3-6-20)25-8-4-7-22(17-25)18-26(31)29-24-14-15-24/h1-13,16-17,24H,14-15,18-19H2,(H,29,31)/b16-11+. The summed E-state index contributed by atoms with van der Waals surface area (Å²) < 4.78 is 13.4. The van der Waals surface area contributed by atoms with Crippen molar-refractivity contribution < 1.29 is 14.0 Å². The maximum absolute atomic E-state index is 13.4. The van der Waals surface area contributed by atoms with Gasteiger partial charge in [-0.25, -0.2) is 4.39 Å². The first-order valence-electron chi connectivity index (χ1n) is 10.7. The van der Waals surface area contributed by atoms with Crippen LogP contribution >= 0.6 is 0 Å². The molecule has 1 aliphatic carbocycles. The van der Waals surface area contributed by atoms with Crippen molar-refractivity contribution in [1.29, 1.82) is 0 Å². The summed E-state index contributed by atoms with van der Waals surface area (Å²) in [5, 5.41) is 2.99. The van der Waals surface area contributed by atoms with Crippen molar-refractivity contribution >= 4 is 23.6 Å². The highest BCUT2D eigenvalue weighted by molar-refractivity contribution is 6.03. The Kier molecular flexibility index (Phi) is 6.75. The number of hydrogen-bond acceptors (Lipinski definition) is 2. The number of anilines is 1. The van der Waals surface area contributed by atoms with Crippen molar-refractivity contribution in [3.63, 3.8) is 0 Å². The van der Waals surface area contributed by atoms with Gasteiger partial charge in [-0.1, -0.05) is 54.6 Å². The molecule has 0 aliphatic heterocycles. The van der Waals surface area contributed by atoms with Crippen LogP contribution < -0.4 is 10.2 Å². The Bertz CT molecular complexity index is 1110. The van der Waals surface area contributed by atoms with Gasteiger partial charge in [0.05, 0.1) is 13.0 Å². The SMILES string of the molecule is O=C(Cc1cccc(N(Cc2ccc(F)cc2)C(=O)/C=C/c2ccccc2)c1)NC1CC1. The number of hydrogen-bond donors (Lipinski definition) is 1. The predicted octanol–water partition coefficient (Wildman–Crippen LogP) is 4.89. The molecule has 0 heterocycles. The molecule has 32 heavy (non-hydrogen) atoms. The van der Waals surface area contributed by atoms with Gasteiger partial charge in [0.25, 0.3) is 5.91 Å². The van der Waals surface area contributed by atoms with Crippen LogP contribution in [0.2, 0.25) is 0 Å². The zero-order valence-electron chi connectivity index (χ0n) is 17.7. The highest BCUT2D eigenvalue weighted by Crippen LogP contribution is 2.22. The molecule has 162 valence electrons. The average Bonchev–Trinajstić information content (AvgIpc) is 3.62. The maximum Gasteiger partial charge on any atom is 0.251 e. The fourth-order valence-electron chi connectivity index (χ4n) is 3.42. The molecule has 1 saturated carbocycles. The monoisotopic (exact) mass is 428 g/mol. The molecule has 1 fully saturated rings. The highest BCUT2D eigenvalue weighted by Gasteiger charge is 2.23. The van der Waals surface area contributed by atoms with Crippen molar-refractivity contribution in [3.8, 4) is 0 Å². The summed E-state index contributed by atoms with van der Waals surface area (Å²) in [5.74, 6) is -0.526. The van der Waals surface area contributed by atoms with Crippen molar-refractivity contribution in [2.24, 2.45) is 0 Å². The largest absolute Gasteiger partial charge is 0.353 e. The van der Waals surface area contributed by atoms with Gasteiger partial charge in [-0.05, 0) is 59.9 Å². The van der Waals surface area contributed by atoms with Crippen LogP contribution in [0.4, 0.5) is 10.1 Å². The van der Waals surface area contributed by atoms with Gasteiger partial charge < -0.3 is 10.2 Å². The summed E-state index contributed by atoms with van der Waals surface area (Å²) in [7, 11) is 0. The van der Waals surface area contributed by atoms with Crippen molar-refractivity contribution in [1.82, 2.24) is 5.32 Å². The molecule has 0 saturated heterocycles. The lowest BCUT2D eigenvalue weighted by atomic mass is 10.1. The number of nitrogens with zero attached hydrogens (tertiary/aromatic N) is 1. The molecular weight excluding hydrogens is 403 g/mol. The molecule has 0 radical (unpaired) electrons. The van der Waals surface area contributed by atoms with Gasteiger partial charge in [0.2, 0.25) is 5.91 Å². The molecule has 0 unspecified atom stereocenters. The van der Waals surface area contributed by atoms with Crippen molar-refractivity contribution in [3.05, 3.63) is 107 Å².